The van der Waals surface area contributed by atoms with Gasteiger partial charge in [-0.1, -0.05) is 38.6 Å². The molecule has 32 heavy (non-hydrogen) atoms. The molecule has 4 atom stereocenters. The zero-order chi connectivity index (χ0) is 23.7. The minimum Gasteiger partial charge on any atom is -0.667 e. The summed E-state index contributed by atoms with van der Waals surface area (Å²) in [6, 6.07) is 2.96. The maximum atomic E-state index is 12.7. The molecule has 9 nitrogen and oxygen atoms in total. The summed E-state index contributed by atoms with van der Waals surface area (Å²) >= 11 is 0. The van der Waals surface area contributed by atoms with Crippen LogP contribution in [0.4, 0.5) is 0 Å². The van der Waals surface area contributed by atoms with Crippen LogP contribution in [0.25, 0.3) is 5.73 Å². The van der Waals surface area contributed by atoms with Crippen molar-refractivity contribution in [3.63, 3.8) is 0 Å². The molecule has 3 amide bonds. The average molecular weight is 522 g/mol. The van der Waals surface area contributed by atoms with Crippen LogP contribution in [0.1, 0.15) is 39.7 Å². The van der Waals surface area contributed by atoms with Crippen LogP contribution < -0.4 is 16.0 Å². The summed E-state index contributed by atoms with van der Waals surface area (Å²) in [5.74, 6) is -1.78. The first-order valence-corrected chi connectivity index (χ1v) is 10.2. The number of phenols is 1. The zero-order valence-corrected chi connectivity index (χ0v) is 21.9. The summed E-state index contributed by atoms with van der Waals surface area (Å²) in [4.78, 5) is 37.4. The topological polar surface area (TPSA) is 152 Å². The number of hydrogen-bond donors (Lipinski definition) is 5. The van der Waals surface area contributed by atoms with Gasteiger partial charge >= 0.3 is 0 Å². The molecule has 6 N–H and O–H groups in total. The number of carbonyl (C=O) groups excluding carboxylic acids is 3. The van der Waals surface area contributed by atoms with Crippen molar-refractivity contribution in [2.75, 3.05) is 0 Å². The SMILES string of the molecule is C=C(O)C[C@@H](C)NC(=O)[C@H](C)NC(=O)[C@@H](NC(=O)[C@@H]([NH-])Cc1ccc(O)cc1)C(C)C.[Y]. The van der Waals surface area contributed by atoms with Crippen LogP contribution >= 0.6 is 0 Å². The van der Waals surface area contributed by atoms with Crippen LogP contribution in [0, 0.1) is 5.92 Å². The van der Waals surface area contributed by atoms with E-state index in [1.165, 1.54) is 19.1 Å². The van der Waals surface area contributed by atoms with E-state index in [-0.39, 0.29) is 69.0 Å². The monoisotopic (exact) mass is 522 g/mol. The second-order valence-electron chi connectivity index (χ2n) is 8.06. The van der Waals surface area contributed by atoms with Crippen molar-refractivity contribution in [1.29, 1.82) is 0 Å². The number of rotatable bonds is 11. The van der Waals surface area contributed by atoms with Gasteiger partial charge in [-0.05, 0) is 43.9 Å². The van der Waals surface area contributed by atoms with Crippen LogP contribution in [0.3, 0.4) is 0 Å². The number of carbonyl (C=O) groups is 3. The number of benzene rings is 1. The number of amides is 3. The van der Waals surface area contributed by atoms with Crippen LogP contribution in [-0.2, 0) is 53.5 Å². The fourth-order valence-electron chi connectivity index (χ4n) is 2.89. The molecular weight excluding hydrogens is 489 g/mol. The third-order valence-electron chi connectivity index (χ3n) is 4.62. The van der Waals surface area contributed by atoms with Crippen molar-refractivity contribution in [2.24, 2.45) is 5.92 Å². The van der Waals surface area contributed by atoms with Crippen LogP contribution in [0.2, 0.25) is 0 Å². The van der Waals surface area contributed by atoms with Gasteiger partial charge in [0, 0.05) is 45.2 Å². The predicted octanol–water partition coefficient (Wildman–Crippen LogP) is 1.97. The number of phenolic OH excluding ortho intramolecular Hbond substituents is 1. The fraction of sp³-hybridized carbons (Fsp3) is 0.500. The second kappa shape index (κ2) is 14.2. The molecular formula is C22H33N4O5Y-. The molecule has 0 aliphatic carbocycles. The van der Waals surface area contributed by atoms with E-state index in [4.69, 9.17) is 5.73 Å². The van der Waals surface area contributed by atoms with Gasteiger partial charge in [-0.15, -0.1) is 0 Å². The Hall–Kier alpha value is -1.97. The van der Waals surface area contributed by atoms with Crippen molar-refractivity contribution in [2.45, 2.75) is 64.7 Å². The van der Waals surface area contributed by atoms with Crippen molar-refractivity contribution >= 4 is 17.7 Å². The van der Waals surface area contributed by atoms with Gasteiger partial charge < -0.3 is 31.9 Å². The summed E-state index contributed by atoms with van der Waals surface area (Å²) in [6.45, 7) is 10.1. The minimum absolute atomic E-state index is 0. The van der Waals surface area contributed by atoms with Gasteiger partial charge in [0.25, 0.3) is 0 Å². The van der Waals surface area contributed by atoms with Gasteiger partial charge in [-0.2, -0.15) is 0 Å². The number of aliphatic hydroxyl groups excluding tert-OH is 1. The Balaban J connectivity index is 0.00000961. The van der Waals surface area contributed by atoms with Crippen molar-refractivity contribution in [3.8, 4) is 5.75 Å². The molecule has 0 saturated heterocycles. The number of nitrogens with one attached hydrogen (secondary N) is 4. The Morgan fingerprint density at radius 1 is 0.969 bits per heavy atom. The van der Waals surface area contributed by atoms with Gasteiger partial charge in [0.2, 0.25) is 17.7 Å². The normalized spacial score (nSPS) is 14.3. The van der Waals surface area contributed by atoms with Gasteiger partial charge in [0.15, 0.2) is 0 Å². The summed E-state index contributed by atoms with van der Waals surface area (Å²) < 4.78 is 0. The maximum Gasteiger partial charge on any atom is 0.243 e. The quantitative estimate of drug-likeness (QED) is 0.282. The molecule has 1 aromatic rings. The average Bonchev–Trinajstić information content (AvgIpc) is 2.66. The van der Waals surface area contributed by atoms with E-state index in [1.807, 2.05) is 0 Å². The predicted molar refractivity (Wildman–Crippen MR) is 118 cm³/mol. The van der Waals surface area contributed by atoms with Crippen molar-refractivity contribution in [1.82, 2.24) is 16.0 Å². The molecule has 1 aromatic carbocycles. The van der Waals surface area contributed by atoms with E-state index < -0.39 is 35.8 Å². The first-order chi connectivity index (χ1) is 14.4. The molecule has 0 unspecified atom stereocenters. The van der Waals surface area contributed by atoms with E-state index in [0.717, 1.165) is 0 Å². The standard InChI is InChI=1S/C22H33N4O5.Y/c1-12(2)19(22(31)25-15(5)20(29)24-13(3)10-14(4)27)26-21(30)18(23)11-16-6-8-17(28)9-7-16;/h6-9,12-13,15,18-19,23,27-28H,4,10-11H2,1-3,5H3,(H,24,29)(H,25,31)(H,26,30);/q-1;/t13-,15+,18+,19+;/m1./s1. The molecule has 0 spiro atoms. The van der Waals surface area contributed by atoms with Crippen molar-refractivity contribution < 1.29 is 57.3 Å². The third kappa shape index (κ3) is 10.6. The molecule has 0 aliphatic rings. The zero-order valence-electron chi connectivity index (χ0n) is 19.0. The number of hydrogen-bond acceptors (Lipinski definition) is 5. The Morgan fingerprint density at radius 2 is 1.53 bits per heavy atom. The second-order valence-corrected chi connectivity index (χ2v) is 8.06. The number of aliphatic hydroxyl groups is 1. The summed E-state index contributed by atoms with van der Waals surface area (Å²) in [5.41, 5.74) is 8.80. The first-order valence-electron chi connectivity index (χ1n) is 10.2. The van der Waals surface area contributed by atoms with Gasteiger partial charge in [0.1, 0.15) is 17.8 Å². The Morgan fingerprint density at radius 3 is 2.03 bits per heavy atom. The van der Waals surface area contributed by atoms with Crippen LogP contribution in [0.15, 0.2) is 36.6 Å². The summed E-state index contributed by atoms with van der Waals surface area (Å²) in [7, 11) is 0. The third-order valence-corrected chi connectivity index (χ3v) is 4.62. The fourth-order valence-corrected chi connectivity index (χ4v) is 2.89. The van der Waals surface area contributed by atoms with E-state index in [2.05, 4.69) is 22.5 Å². The summed E-state index contributed by atoms with van der Waals surface area (Å²) in [6.07, 6.45) is 0.328. The van der Waals surface area contributed by atoms with Crippen LogP contribution in [-0.4, -0.2) is 52.1 Å². The first kappa shape index (κ1) is 30.0. The summed E-state index contributed by atoms with van der Waals surface area (Å²) in [5, 5.41) is 26.4. The largest absolute Gasteiger partial charge is 0.667 e. The smallest absolute Gasteiger partial charge is 0.243 e. The van der Waals surface area contributed by atoms with Crippen LogP contribution in [0.5, 0.6) is 5.75 Å². The Bertz CT molecular complexity index is 785. The number of aromatic hydroxyl groups is 1. The molecule has 0 bridgehead atoms. The van der Waals surface area contributed by atoms with Gasteiger partial charge in [-0.3, -0.25) is 14.4 Å². The van der Waals surface area contributed by atoms with Gasteiger partial charge in [-0.25, -0.2) is 0 Å². The molecule has 10 heteroatoms. The molecule has 0 aromatic heterocycles. The Kier molecular flexibility index (Phi) is 13.4. The molecule has 0 aliphatic heterocycles. The molecule has 1 rings (SSSR count). The molecule has 0 saturated carbocycles. The van der Waals surface area contributed by atoms with E-state index in [9.17, 15) is 24.6 Å². The maximum absolute atomic E-state index is 12.7. The van der Waals surface area contributed by atoms with E-state index in [0.29, 0.717) is 5.56 Å². The molecule has 0 fully saturated rings. The molecule has 175 valence electrons. The van der Waals surface area contributed by atoms with Crippen molar-refractivity contribution in [3.05, 3.63) is 47.9 Å². The Labute approximate surface area is 214 Å². The van der Waals surface area contributed by atoms with Gasteiger partial charge in [0.05, 0.1) is 5.76 Å². The van der Waals surface area contributed by atoms with E-state index in [1.54, 1.807) is 32.9 Å². The molecule has 1 radical (unpaired) electrons. The minimum atomic E-state index is -1.13. The van der Waals surface area contributed by atoms with E-state index >= 15 is 0 Å². The molecule has 0 heterocycles.